The van der Waals surface area contributed by atoms with Gasteiger partial charge in [0.2, 0.25) is 15.9 Å². The Balaban J connectivity index is 1.93. The van der Waals surface area contributed by atoms with E-state index in [-0.39, 0.29) is 23.9 Å². The third-order valence-corrected chi connectivity index (χ3v) is 5.23. The molecular weight excluding hydrogens is 339 g/mol. The van der Waals surface area contributed by atoms with Gasteiger partial charge in [-0.25, -0.2) is 22.3 Å². The summed E-state index contributed by atoms with van der Waals surface area (Å²) in [6, 6.07) is 3.29. The Morgan fingerprint density at radius 3 is 2.42 bits per heavy atom. The van der Waals surface area contributed by atoms with E-state index in [0.717, 1.165) is 37.1 Å². The Kier molecular flexibility index (Phi) is 5.55. The average molecular weight is 358 g/mol. The maximum Gasteiger partial charge on any atom is 0.326 e. The molecule has 1 aliphatic carbocycles. The van der Waals surface area contributed by atoms with Gasteiger partial charge in [-0.15, -0.1) is 0 Å². The summed E-state index contributed by atoms with van der Waals surface area (Å²) in [6.45, 7) is 1.27. The summed E-state index contributed by atoms with van der Waals surface area (Å²) in [5.74, 6) is -2.05. The molecule has 1 fully saturated rings. The Bertz CT molecular complexity index is 716. The Morgan fingerprint density at radius 1 is 1.33 bits per heavy atom. The van der Waals surface area contributed by atoms with E-state index in [1.807, 2.05) is 0 Å². The molecule has 0 spiro atoms. The number of carboxylic acid groups (broad SMARTS) is 1. The molecule has 2 N–H and O–H groups in total. The van der Waals surface area contributed by atoms with Gasteiger partial charge in [0, 0.05) is 19.0 Å². The second kappa shape index (κ2) is 7.27. The number of sulfonamides is 1. The molecule has 0 saturated heterocycles. The highest BCUT2D eigenvalue weighted by molar-refractivity contribution is 7.89. The number of benzene rings is 1. The van der Waals surface area contributed by atoms with Gasteiger partial charge in [0.05, 0.1) is 4.90 Å². The van der Waals surface area contributed by atoms with Crippen molar-refractivity contribution in [2.24, 2.45) is 0 Å². The number of nitrogens with zero attached hydrogens (tertiary/aromatic N) is 1. The van der Waals surface area contributed by atoms with E-state index in [1.54, 1.807) is 0 Å². The summed E-state index contributed by atoms with van der Waals surface area (Å²) in [4.78, 5) is 24.5. The van der Waals surface area contributed by atoms with E-state index in [9.17, 15) is 22.4 Å². The molecule has 0 aliphatic heterocycles. The van der Waals surface area contributed by atoms with Crippen LogP contribution in [0.25, 0.3) is 0 Å². The fourth-order valence-electron chi connectivity index (χ4n) is 2.33. The molecule has 9 heteroatoms. The topological polar surface area (TPSA) is 104 Å². The highest BCUT2D eigenvalue weighted by Gasteiger charge is 2.38. The number of carbonyl (C=O) groups excluding carboxylic acids is 1. The van der Waals surface area contributed by atoms with Crippen LogP contribution >= 0.6 is 0 Å². The van der Waals surface area contributed by atoms with Crippen molar-refractivity contribution in [1.29, 1.82) is 0 Å². The van der Waals surface area contributed by atoms with Crippen LogP contribution in [0.4, 0.5) is 4.39 Å². The van der Waals surface area contributed by atoms with E-state index in [2.05, 4.69) is 4.72 Å². The van der Waals surface area contributed by atoms with Crippen molar-refractivity contribution in [1.82, 2.24) is 9.62 Å². The molecule has 24 heavy (non-hydrogen) atoms. The van der Waals surface area contributed by atoms with Crippen molar-refractivity contribution in [2.45, 2.75) is 43.2 Å². The average Bonchev–Trinajstić information content (AvgIpc) is 3.32. The quantitative estimate of drug-likeness (QED) is 0.720. The molecule has 0 aromatic heterocycles. The van der Waals surface area contributed by atoms with Crippen LogP contribution in [0, 0.1) is 5.82 Å². The fraction of sp³-hybridized carbons (Fsp3) is 0.467. The Hall–Kier alpha value is -2.00. The summed E-state index contributed by atoms with van der Waals surface area (Å²) in [5, 5.41) is 9.07. The van der Waals surface area contributed by atoms with Crippen LogP contribution in [0.1, 0.15) is 26.2 Å². The van der Waals surface area contributed by atoms with Crippen molar-refractivity contribution in [3.63, 3.8) is 0 Å². The maximum absolute atomic E-state index is 12.8. The molecule has 132 valence electrons. The predicted octanol–water partition coefficient (Wildman–Crippen LogP) is 0.958. The summed E-state index contributed by atoms with van der Waals surface area (Å²) in [6.07, 6.45) is 1.36. The summed E-state index contributed by atoms with van der Waals surface area (Å²) in [7, 11) is -3.84. The first-order chi connectivity index (χ1) is 11.2. The lowest BCUT2D eigenvalue weighted by Crippen LogP contribution is -2.45. The first-order valence-electron chi connectivity index (χ1n) is 7.51. The van der Waals surface area contributed by atoms with E-state index in [0.29, 0.717) is 0 Å². The number of nitrogens with one attached hydrogen (secondary N) is 1. The largest absolute Gasteiger partial charge is 0.480 e. The van der Waals surface area contributed by atoms with Gasteiger partial charge in [0.1, 0.15) is 11.9 Å². The molecule has 1 amide bonds. The van der Waals surface area contributed by atoms with Crippen LogP contribution in [-0.4, -0.2) is 48.9 Å². The predicted molar refractivity (Wildman–Crippen MR) is 83.2 cm³/mol. The van der Waals surface area contributed by atoms with Crippen molar-refractivity contribution < 1.29 is 27.5 Å². The number of carboxylic acids is 1. The minimum Gasteiger partial charge on any atom is -0.480 e. The lowest BCUT2D eigenvalue weighted by atomic mass is 10.2. The zero-order chi connectivity index (χ0) is 17.9. The standard InChI is InChI=1S/C15H19FN2O5S/c1-10(15(20)21)18(12-4-5-12)14(19)8-9-17-24(22,23)13-6-2-11(16)3-7-13/h2-3,6-7,10,12,17H,4-5,8-9H2,1H3,(H,20,21). The van der Waals surface area contributed by atoms with Crippen LogP contribution in [0.3, 0.4) is 0 Å². The van der Waals surface area contributed by atoms with Crippen molar-refractivity contribution in [3.8, 4) is 0 Å². The van der Waals surface area contributed by atoms with Gasteiger partial charge in [-0.1, -0.05) is 0 Å². The summed E-state index contributed by atoms with van der Waals surface area (Å²) >= 11 is 0. The molecule has 0 radical (unpaired) electrons. The number of carbonyl (C=O) groups is 2. The van der Waals surface area contributed by atoms with Crippen LogP contribution < -0.4 is 4.72 Å². The number of amides is 1. The highest BCUT2D eigenvalue weighted by atomic mass is 32.2. The number of hydrogen-bond acceptors (Lipinski definition) is 4. The van der Waals surface area contributed by atoms with Gasteiger partial charge in [-0.2, -0.15) is 0 Å². The van der Waals surface area contributed by atoms with Crippen LogP contribution in [-0.2, 0) is 19.6 Å². The number of rotatable bonds is 8. The van der Waals surface area contributed by atoms with Crippen LogP contribution in [0.15, 0.2) is 29.2 Å². The van der Waals surface area contributed by atoms with Crippen molar-refractivity contribution in [2.75, 3.05) is 6.54 Å². The first-order valence-corrected chi connectivity index (χ1v) is 9.00. The molecule has 0 bridgehead atoms. The fourth-order valence-corrected chi connectivity index (χ4v) is 3.36. The second-order valence-corrected chi connectivity index (χ2v) is 7.42. The third kappa shape index (κ3) is 4.51. The molecule has 1 aromatic carbocycles. The minimum atomic E-state index is -3.84. The lowest BCUT2D eigenvalue weighted by molar-refractivity contribution is -0.150. The Morgan fingerprint density at radius 2 is 1.92 bits per heavy atom. The van der Waals surface area contributed by atoms with E-state index in [4.69, 9.17) is 5.11 Å². The first kappa shape index (κ1) is 18.3. The lowest BCUT2D eigenvalue weighted by Gasteiger charge is -2.26. The normalized spacial score (nSPS) is 15.8. The Labute approximate surface area is 139 Å². The van der Waals surface area contributed by atoms with E-state index < -0.39 is 33.8 Å². The van der Waals surface area contributed by atoms with Gasteiger partial charge >= 0.3 is 5.97 Å². The van der Waals surface area contributed by atoms with Crippen LogP contribution in [0.5, 0.6) is 0 Å². The monoisotopic (exact) mass is 358 g/mol. The molecule has 1 atom stereocenters. The molecule has 1 aromatic rings. The van der Waals surface area contributed by atoms with Gasteiger partial charge in [0.25, 0.3) is 0 Å². The van der Waals surface area contributed by atoms with Gasteiger partial charge < -0.3 is 10.0 Å². The maximum atomic E-state index is 12.8. The number of hydrogen-bond donors (Lipinski definition) is 2. The van der Waals surface area contributed by atoms with Gasteiger partial charge in [-0.3, -0.25) is 4.79 Å². The molecule has 1 unspecified atom stereocenters. The molecule has 2 rings (SSSR count). The molecular formula is C15H19FN2O5S. The second-order valence-electron chi connectivity index (χ2n) is 5.65. The molecule has 1 saturated carbocycles. The van der Waals surface area contributed by atoms with Gasteiger partial charge in [0.15, 0.2) is 0 Å². The molecule has 0 heterocycles. The smallest absolute Gasteiger partial charge is 0.326 e. The van der Waals surface area contributed by atoms with E-state index in [1.165, 1.54) is 11.8 Å². The molecule has 7 nitrogen and oxygen atoms in total. The third-order valence-electron chi connectivity index (χ3n) is 3.76. The van der Waals surface area contributed by atoms with Crippen LogP contribution in [0.2, 0.25) is 0 Å². The zero-order valence-electron chi connectivity index (χ0n) is 13.1. The van der Waals surface area contributed by atoms with Crippen molar-refractivity contribution in [3.05, 3.63) is 30.1 Å². The number of aliphatic carboxylic acids is 1. The molecule has 1 aliphatic rings. The highest BCUT2D eigenvalue weighted by Crippen LogP contribution is 2.29. The number of halogens is 1. The SMILES string of the molecule is CC(C(=O)O)N(C(=O)CCNS(=O)(=O)c1ccc(F)cc1)C1CC1. The zero-order valence-corrected chi connectivity index (χ0v) is 13.9. The van der Waals surface area contributed by atoms with Gasteiger partial charge in [-0.05, 0) is 44.0 Å². The summed E-state index contributed by atoms with van der Waals surface area (Å²) in [5.41, 5.74) is 0. The van der Waals surface area contributed by atoms with Crippen molar-refractivity contribution >= 4 is 21.9 Å². The minimum absolute atomic E-state index is 0.0858. The van der Waals surface area contributed by atoms with E-state index >= 15 is 0 Å². The summed E-state index contributed by atoms with van der Waals surface area (Å²) < 4.78 is 39.2.